The quantitative estimate of drug-likeness (QED) is 0.805. The first-order valence-corrected chi connectivity index (χ1v) is 8.88. The molecule has 2 unspecified atom stereocenters. The topological polar surface area (TPSA) is 66.8 Å². The minimum Gasteiger partial charge on any atom is -0.480 e. The van der Waals surface area contributed by atoms with E-state index in [1.165, 1.54) is 11.8 Å². The van der Waals surface area contributed by atoms with Crippen LogP contribution in [0.15, 0.2) is 0 Å². The van der Waals surface area contributed by atoms with Crippen molar-refractivity contribution in [2.75, 3.05) is 0 Å². The molecule has 1 rings (SSSR count). The molecule has 0 radical (unpaired) electrons. The van der Waals surface area contributed by atoms with Crippen LogP contribution < -0.4 is 0 Å². The molecule has 0 aromatic heterocycles. The zero-order chi connectivity index (χ0) is 15.7. The van der Waals surface area contributed by atoms with E-state index in [0.29, 0.717) is 0 Å². The molecule has 3 atom stereocenters. The van der Waals surface area contributed by atoms with Crippen molar-refractivity contribution < 1.29 is 19.4 Å². The Balaban J connectivity index is 3.02. The van der Waals surface area contributed by atoms with Crippen molar-refractivity contribution in [3.8, 4) is 0 Å². The van der Waals surface area contributed by atoms with Crippen LogP contribution in [0.1, 0.15) is 41.5 Å². The zero-order valence-electron chi connectivity index (χ0n) is 12.7. The molecule has 5 nitrogen and oxygen atoms in total. The molecule has 1 aliphatic heterocycles. The second kappa shape index (κ2) is 6.47. The summed E-state index contributed by atoms with van der Waals surface area (Å²) < 4.78 is 5.39. The van der Waals surface area contributed by atoms with Gasteiger partial charge in [0.1, 0.15) is 11.6 Å². The molecule has 1 fully saturated rings. The van der Waals surface area contributed by atoms with Gasteiger partial charge in [0.05, 0.1) is 6.04 Å². The van der Waals surface area contributed by atoms with Gasteiger partial charge in [-0.25, -0.2) is 9.59 Å². The highest BCUT2D eigenvalue weighted by Gasteiger charge is 2.44. The highest BCUT2D eigenvalue weighted by atomic mass is 33.1. The number of hydrogen-bond donors (Lipinski definition) is 1. The average Bonchev–Trinajstić information content (AvgIpc) is 2.58. The first-order chi connectivity index (χ1) is 9.04. The van der Waals surface area contributed by atoms with Gasteiger partial charge >= 0.3 is 12.1 Å². The number of carbonyl (C=O) groups is 2. The van der Waals surface area contributed by atoms with E-state index in [-0.39, 0.29) is 16.5 Å². The van der Waals surface area contributed by atoms with Gasteiger partial charge in [-0.05, 0) is 27.7 Å². The van der Waals surface area contributed by atoms with Gasteiger partial charge in [0.25, 0.3) is 0 Å². The molecule has 1 amide bonds. The van der Waals surface area contributed by atoms with Gasteiger partial charge in [0.15, 0.2) is 0 Å². The predicted octanol–water partition coefficient (Wildman–Crippen LogP) is 3.24. The monoisotopic (exact) mass is 321 g/mol. The van der Waals surface area contributed by atoms with Crippen molar-refractivity contribution in [2.45, 2.75) is 69.7 Å². The van der Waals surface area contributed by atoms with Gasteiger partial charge in [-0.15, -0.1) is 0 Å². The number of ether oxygens (including phenoxy) is 1. The van der Waals surface area contributed by atoms with Crippen LogP contribution in [0.5, 0.6) is 0 Å². The fourth-order valence-corrected chi connectivity index (χ4v) is 5.24. The Morgan fingerprint density at radius 3 is 2.00 bits per heavy atom. The normalized spacial score (nSPS) is 28.0. The van der Waals surface area contributed by atoms with E-state index in [1.54, 1.807) is 42.4 Å². The average molecular weight is 321 g/mol. The molecule has 0 aromatic carbocycles. The summed E-state index contributed by atoms with van der Waals surface area (Å²) in [6, 6.07) is -1.05. The van der Waals surface area contributed by atoms with Crippen molar-refractivity contribution in [3.05, 3.63) is 0 Å². The van der Waals surface area contributed by atoms with Crippen LogP contribution in [0.3, 0.4) is 0 Å². The number of hydrogen-bond acceptors (Lipinski definition) is 5. The van der Waals surface area contributed by atoms with Crippen LogP contribution in [0, 0.1) is 0 Å². The van der Waals surface area contributed by atoms with E-state index >= 15 is 0 Å². The molecule has 0 spiro atoms. The summed E-state index contributed by atoms with van der Waals surface area (Å²) in [7, 11) is 3.36. The summed E-state index contributed by atoms with van der Waals surface area (Å²) in [5, 5.41) is 9.61. The van der Waals surface area contributed by atoms with Crippen molar-refractivity contribution in [2.24, 2.45) is 0 Å². The third kappa shape index (κ3) is 4.22. The minimum atomic E-state index is -1.02. The first-order valence-electron chi connectivity index (χ1n) is 6.61. The lowest BCUT2D eigenvalue weighted by Crippen LogP contribution is -2.55. The van der Waals surface area contributed by atoms with E-state index in [9.17, 15) is 14.7 Å². The predicted molar refractivity (Wildman–Crippen MR) is 83.1 cm³/mol. The lowest BCUT2D eigenvalue weighted by Gasteiger charge is -2.37. The Morgan fingerprint density at radius 1 is 1.20 bits per heavy atom. The number of rotatable bonds is 3. The van der Waals surface area contributed by atoms with E-state index in [4.69, 9.17) is 4.74 Å². The molecule has 116 valence electrons. The van der Waals surface area contributed by atoms with Crippen LogP contribution in [0.25, 0.3) is 0 Å². The summed E-state index contributed by atoms with van der Waals surface area (Å²) in [6.45, 7) is 10.9. The molecule has 1 N–H and O–H groups in total. The van der Waals surface area contributed by atoms with Gasteiger partial charge in [-0.1, -0.05) is 35.4 Å². The highest BCUT2D eigenvalue weighted by molar-refractivity contribution is 8.77. The molecule has 0 aromatic rings. The van der Waals surface area contributed by atoms with E-state index < -0.39 is 23.7 Å². The summed E-state index contributed by atoms with van der Waals surface area (Å²) >= 11 is 0. The Bertz CT molecular complexity index is 373. The third-order valence-corrected chi connectivity index (χ3v) is 6.45. The molecule has 1 aliphatic rings. The maximum atomic E-state index is 12.4. The maximum Gasteiger partial charge on any atom is 0.411 e. The number of nitrogens with zero attached hydrogens (tertiary/aromatic N) is 1. The minimum absolute atomic E-state index is 0.147. The SMILES string of the molecule is CC1SSC(C)C1N(C(=O)OC(C)(C)C)[C@H](C)C(=O)O. The molecule has 1 heterocycles. The number of amides is 1. The summed E-state index contributed by atoms with van der Waals surface area (Å²) in [5.41, 5.74) is -0.640. The van der Waals surface area contributed by atoms with Crippen LogP contribution >= 0.6 is 21.6 Å². The van der Waals surface area contributed by atoms with Crippen molar-refractivity contribution in [1.29, 1.82) is 0 Å². The van der Waals surface area contributed by atoms with Gasteiger partial charge in [-0.2, -0.15) is 0 Å². The Hall–Kier alpha value is -0.560. The van der Waals surface area contributed by atoms with Crippen LogP contribution in [-0.2, 0) is 9.53 Å². The molecule has 0 aliphatic carbocycles. The second-order valence-electron chi connectivity index (χ2n) is 6.00. The van der Waals surface area contributed by atoms with E-state index in [1.807, 2.05) is 13.8 Å². The molecular weight excluding hydrogens is 298 g/mol. The molecule has 20 heavy (non-hydrogen) atoms. The van der Waals surface area contributed by atoms with E-state index in [2.05, 4.69) is 0 Å². The smallest absolute Gasteiger partial charge is 0.411 e. The Kier molecular flexibility index (Phi) is 5.66. The number of carboxylic acids is 1. The Labute approximate surface area is 128 Å². The van der Waals surface area contributed by atoms with Gasteiger partial charge in [0.2, 0.25) is 0 Å². The second-order valence-corrected chi connectivity index (χ2v) is 9.02. The summed E-state index contributed by atoms with van der Waals surface area (Å²) in [5.74, 6) is -1.02. The Morgan fingerprint density at radius 2 is 1.65 bits per heavy atom. The van der Waals surface area contributed by atoms with Gasteiger partial charge < -0.3 is 9.84 Å². The fraction of sp³-hybridized carbons (Fsp3) is 0.846. The van der Waals surface area contributed by atoms with Crippen LogP contribution in [0.2, 0.25) is 0 Å². The molecule has 0 saturated carbocycles. The molecule has 0 bridgehead atoms. The maximum absolute atomic E-state index is 12.4. The van der Waals surface area contributed by atoms with Gasteiger partial charge in [-0.3, -0.25) is 4.90 Å². The van der Waals surface area contributed by atoms with E-state index in [0.717, 1.165) is 0 Å². The van der Waals surface area contributed by atoms with Crippen molar-refractivity contribution in [3.63, 3.8) is 0 Å². The standard InChI is InChI=1S/C13H23NO4S2/c1-7(11(15)16)14(12(17)18-13(4,5)6)10-8(2)19-20-9(10)3/h7-10H,1-6H3,(H,15,16)/t7-,8?,9?,10?/m1/s1. The zero-order valence-corrected chi connectivity index (χ0v) is 14.4. The third-order valence-electron chi connectivity index (χ3n) is 3.02. The van der Waals surface area contributed by atoms with Crippen LogP contribution in [0.4, 0.5) is 4.79 Å². The number of aliphatic carboxylic acids is 1. The summed E-state index contributed by atoms with van der Waals surface area (Å²) in [4.78, 5) is 25.1. The lowest BCUT2D eigenvalue weighted by molar-refractivity contribution is -0.143. The van der Waals surface area contributed by atoms with Crippen molar-refractivity contribution in [1.82, 2.24) is 4.90 Å². The summed E-state index contributed by atoms with van der Waals surface area (Å²) in [6.07, 6.45) is -0.556. The largest absolute Gasteiger partial charge is 0.480 e. The first kappa shape index (κ1) is 17.5. The van der Waals surface area contributed by atoms with Crippen molar-refractivity contribution >= 4 is 33.7 Å². The fourth-order valence-electron chi connectivity index (χ4n) is 2.09. The molecular formula is C13H23NO4S2. The molecule has 1 saturated heterocycles. The lowest BCUT2D eigenvalue weighted by atomic mass is 10.1. The molecule has 7 heteroatoms. The highest BCUT2D eigenvalue weighted by Crippen LogP contribution is 2.46. The number of carbonyl (C=O) groups excluding carboxylic acids is 1. The van der Waals surface area contributed by atoms with Gasteiger partial charge in [0, 0.05) is 10.5 Å². The number of carboxylic acid groups (broad SMARTS) is 1. The van der Waals surface area contributed by atoms with Crippen LogP contribution in [-0.4, -0.2) is 50.3 Å².